The third-order valence-corrected chi connectivity index (χ3v) is 7.75. The van der Waals surface area contributed by atoms with E-state index in [1.54, 1.807) is 0 Å². The van der Waals surface area contributed by atoms with Crippen LogP contribution < -0.4 is 5.32 Å². The second-order valence-corrected chi connectivity index (χ2v) is 9.79. The van der Waals surface area contributed by atoms with Crippen LogP contribution in [0, 0.1) is 5.41 Å². The largest absolute Gasteiger partial charge is 0.480 e. The molecule has 2 aliphatic carbocycles. The summed E-state index contributed by atoms with van der Waals surface area (Å²) < 4.78 is 5.63. The number of carboxylic acid groups (broad SMARTS) is 1. The van der Waals surface area contributed by atoms with E-state index in [0.717, 1.165) is 30.4 Å². The van der Waals surface area contributed by atoms with Crippen molar-refractivity contribution in [1.29, 1.82) is 0 Å². The fourth-order valence-corrected chi connectivity index (χ4v) is 5.75. The van der Waals surface area contributed by atoms with Crippen LogP contribution in [0.1, 0.15) is 55.6 Å². The van der Waals surface area contributed by atoms with Crippen molar-refractivity contribution in [2.24, 2.45) is 5.41 Å². The van der Waals surface area contributed by atoms with Crippen LogP contribution in [-0.4, -0.2) is 53.7 Å². The number of carbonyl (C=O) groups is 3. The average molecular weight is 463 g/mol. The first-order valence-electron chi connectivity index (χ1n) is 12.1. The molecule has 1 saturated heterocycles. The van der Waals surface area contributed by atoms with Crippen molar-refractivity contribution in [3.8, 4) is 11.1 Å². The number of carbonyl (C=O) groups excluding carboxylic acids is 2. The van der Waals surface area contributed by atoms with Gasteiger partial charge < -0.3 is 20.1 Å². The molecule has 7 heteroatoms. The molecule has 5 rings (SSSR count). The van der Waals surface area contributed by atoms with Crippen molar-refractivity contribution in [3.63, 3.8) is 0 Å². The van der Waals surface area contributed by atoms with Crippen molar-refractivity contribution in [2.75, 3.05) is 19.7 Å². The Labute approximate surface area is 199 Å². The number of ether oxygens (including phenoxy) is 1. The Bertz CT molecular complexity index is 1060. The number of nitrogens with one attached hydrogen (secondary N) is 1. The normalized spacial score (nSPS) is 20.2. The number of aliphatic carboxylic acids is 1. The molecule has 0 spiro atoms. The van der Waals surface area contributed by atoms with E-state index in [9.17, 15) is 19.5 Å². The van der Waals surface area contributed by atoms with Gasteiger partial charge in [0.2, 0.25) is 5.91 Å². The number of likely N-dealkylation sites (tertiary alicyclic amines) is 1. The van der Waals surface area contributed by atoms with Gasteiger partial charge >= 0.3 is 12.1 Å². The van der Waals surface area contributed by atoms with Crippen LogP contribution in [0.25, 0.3) is 11.1 Å². The molecule has 2 N–H and O–H groups in total. The quantitative estimate of drug-likeness (QED) is 0.644. The van der Waals surface area contributed by atoms with E-state index in [4.69, 9.17) is 4.74 Å². The number of hydrogen-bond donors (Lipinski definition) is 2. The Morgan fingerprint density at radius 2 is 1.65 bits per heavy atom. The summed E-state index contributed by atoms with van der Waals surface area (Å²) in [7, 11) is 0. The molecule has 1 saturated carbocycles. The summed E-state index contributed by atoms with van der Waals surface area (Å²) >= 11 is 0. The fourth-order valence-electron chi connectivity index (χ4n) is 5.75. The monoisotopic (exact) mass is 462 g/mol. The highest BCUT2D eigenvalue weighted by molar-refractivity contribution is 5.85. The number of nitrogens with zero attached hydrogens (tertiary/aromatic N) is 1. The Morgan fingerprint density at radius 3 is 2.24 bits per heavy atom. The molecule has 0 aromatic heterocycles. The van der Waals surface area contributed by atoms with E-state index in [2.05, 4.69) is 29.6 Å². The lowest BCUT2D eigenvalue weighted by molar-refractivity contribution is -0.149. The zero-order chi connectivity index (χ0) is 23.7. The lowest BCUT2D eigenvalue weighted by atomic mass is 9.66. The minimum atomic E-state index is -0.940. The van der Waals surface area contributed by atoms with Gasteiger partial charge in [-0.25, -0.2) is 9.59 Å². The third-order valence-electron chi connectivity index (χ3n) is 7.75. The predicted molar refractivity (Wildman–Crippen MR) is 126 cm³/mol. The van der Waals surface area contributed by atoms with Crippen molar-refractivity contribution in [1.82, 2.24) is 10.2 Å². The maximum atomic E-state index is 12.9. The molecule has 0 bridgehead atoms. The molecular weight excluding hydrogens is 432 g/mol. The Hall–Kier alpha value is -3.35. The number of benzene rings is 2. The molecule has 1 atom stereocenters. The van der Waals surface area contributed by atoms with Crippen LogP contribution in [0.3, 0.4) is 0 Å². The molecule has 0 unspecified atom stereocenters. The van der Waals surface area contributed by atoms with Crippen LogP contribution in [0.15, 0.2) is 48.5 Å². The van der Waals surface area contributed by atoms with E-state index >= 15 is 0 Å². The van der Waals surface area contributed by atoms with E-state index in [-0.39, 0.29) is 30.3 Å². The second-order valence-electron chi connectivity index (χ2n) is 9.79. The molecule has 3 aliphatic rings. The summed E-state index contributed by atoms with van der Waals surface area (Å²) in [5.74, 6) is -1.07. The van der Waals surface area contributed by atoms with Crippen LogP contribution in [0.4, 0.5) is 4.79 Å². The van der Waals surface area contributed by atoms with Gasteiger partial charge in [0.1, 0.15) is 12.6 Å². The minimum Gasteiger partial charge on any atom is -0.480 e. The highest BCUT2D eigenvalue weighted by Gasteiger charge is 2.43. The molecule has 0 radical (unpaired) electrons. The van der Waals surface area contributed by atoms with Gasteiger partial charge in [0.25, 0.3) is 0 Å². The molecule has 178 valence electrons. The van der Waals surface area contributed by atoms with E-state index in [1.165, 1.54) is 16.0 Å². The first-order valence-corrected chi connectivity index (χ1v) is 12.1. The number of carboxylic acids is 1. The maximum Gasteiger partial charge on any atom is 0.407 e. The van der Waals surface area contributed by atoms with Gasteiger partial charge in [-0.1, -0.05) is 55.0 Å². The summed E-state index contributed by atoms with van der Waals surface area (Å²) in [4.78, 5) is 38.4. The molecule has 2 aromatic carbocycles. The number of hydrogen-bond acceptors (Lipinski definition) is 4. The molecular formula is C27H30N2O5. The van der Waals surface area contributed by atoms with Gasteiger partial charge in [0.15, 0.2) is 0 Å². The lowest BCUT2D eigenvalue weighted by Gasteiger charge is -2.42. The Balaban J connectivity index is 1.17. The second kappa shape index (κ2) is 9.12. The van der Waals surface area contributed by atoms with Crippen LogP contribution in [-0.2, 0) is 14.3 Å². The first kappa shape index (κ1) is 22.4. The smallest absolute Gasteiger partial charge is 0.407 e. The molecule has 2 fully saturated rings. The molecule has 7 nitrogen and oxygen atoms in total. The van der Waals surface area contributed by atoms with Gasteiger partial charge in [-0.3, -0.25) is 4.79 Å². The van der Waals surface area contributed by atoms with Crippen molar-refractivity contribution < 1.29 is 24.2 Å². The van der Waals surface area contributed by atoms with E-state index < -0.39 is 18.1 Å². The maximum absolute atomic E-state index is 12.9. The van der Waals surface area contributed by atoms with E-state index in [0.29, 0.717) is 25.9 Å². The summed E-state index contributed by atoms with van der Waals surface area (Å²) in [5.41, 5.74) is 4.38. The average Bonchev–Trinajstić information content (AvgIpc) is 3.43. The number of rotatable bonds is 7. The summed E-state index contributed by atoms with van der Waals surface area (Å²) in [6.45, 7) is 1.10. The Morgan fingerprint density at radius 1 is 1.00 bits per heavy atom. The standard InChI is InChI=1S/C27H30N2O5/c30-24(29-14-5-11-23(29)25(31)32)15-27(12-6-13-27)17-28-26(33)34-16-22-20-9-3-1-7-18(20)19-8-2-4-10-21(19)22/h1-4,7-10,22-23H,5-6,11-17H2,(H,28,33)(H,31,32)/t23-/m1/s1. The van der Waals surface area contributed by atoms with Crippen LogP contribution in [0.2, 0.25) is 0 Å². The first-order chi connectivity index (χ1) is 16.5. The highest BCUT2D eigenvalue weighted by Crippen LogP contribution is 2.45. The van der Waals surface area contributed by atoms with Gasteiger partial charge in [0, 0.05) is 25.4 Å². The Kier molecular flexibility index (Phi) is 6.02. The van der Waals surface area contributed by atoms with Gasteiger partial charge in [0.05, 0.1) is 0 Å². The van der Waals surface area contributed by atoms with Gasteiger partial charge in [-0.15, -0.1) is 0 Å². The van der Waals surface area contributed by atoms with Crippen molar-refractivity contribution in [3.05, 3.63) is 59.7 Å². The number of amides is 2. The molecule has 34 heavy (non-hydrogen) atoms. The molecule has 1 heterocycles. The molecule has 1 aliphatic heterocycles. The number of fused-ring (bicyclic) bond motifs is 3. The third kappa shape index (κ3) is 4.15. The van der Waals surface area contributed by atoms with Crippen molar-refractivity contribution >= 4 is 18.0 Å². The zero-order valence-electron chi connectivity index (χ0n) is 19.2. The topological polar surface area (TPSA) is 95.9 Å². The minimum absolute atomic E-state index is 0.000472. The van der Waals surface area contributed by atoms with Crippen LogP contribution >= 0.6 is 0 Å². The molecule has 2 aromatic rings. The summed E-state index contributed by atoms with van der Waals surface area (Å²) in [5, 5.41) is 12.3. The zero-order valence-corrected chi connectivity index (χ0v) is 19.2. The van der Waals surface area contributed by atoms with E-state index in [1.807, 2.05) is 24.3 Å². The SMILES string of the molecule is O=C(NCC1(CC(=O)N2CCC[C@@H]2C(=O)O)CCC1)OCC1c2ccccc2-c2ccccc21. The van der Waals surface area contributed by atoms with Crippen molar-refractivity contribution in [2.45, 2.75) is 50.5 Å². The predicted octanol–water partition coefficient (Wildman–Crippen LogP) is 4.16. The van der Waals surface area contributed by atoms with Gasteiger partial charge in [-0.2, -0.15) is 0 Å². The van der Waals surface area contributed by atoms with Gasteiger partial charge in [-0.05, 0) is 53.4 Å². The summed E-state index contributed by atoms with van der Waals surface area (Å²) in [6.07, 6.45) is 3.69. The lowest BCUT2D eigenvalue weighted by Crippen LogP contribution is -2.48. The summed E-state index contributed by atoms with van der Waals surface area (Å²) in [6, 6.07) is 15.7. The fraction of sp³-hybridized carbons (Fsp3) is 0.444. The molecule has 2 amide bonds. The highest BCUT2D eigenvalue weighted by atomic mass is 16.5. The number of alkyl carbamates (subject to hydrolysis) is 1. The van der Waals surface area contributed by atoms with Crippen LogP contribution in [0.5, 0.6) is 0 Å².